The predicted octanol–water partition coefficient (Wildman–Crippen LogP) is 2.40. The highest BCUT2D eigenvalue weighted by Crippen LogP contribution is 2.38. The topological polar surface area (TPSA) is 69.7 Å². The Morgan fingerprint density at radius 3 is 2.23 bits per heavy atom. The SMILES string of the molecule is O=C(CN1C(=O)[C@H]2CCCC[C@H]2C1=O)Nc1ccccc1N1CCCC1. The monoisotopic (exact) mass is 355 g/mol. The molecular formula is C20H25N3O3. The number of hydrogen-bond acceptors (Lipinski definition) is 4. The Bertz CT molecular complexity index is 703. The minimum atomic E-state index is -0.308. The van der Waals surface area contributed by atoms with Crippen LogP contribution in [0, 0.1) is 11.8 Å². The van der Waals surface area contributed by atoms with Crippen molar-refractivity contribution < 1.29 is 14.4 Å². The number of carbonyl (C=O) groups is 3. The van der Waals surface area contributed by atoms with Gasteiger partial charge in [-0.05, 0) is 37.8 Å². The molecule has 4 rings (SSSR count). The predicted molar refractivity (Wildman–Crippen MR) is 98.7 cm³/mol. The Hall–Kier alpha value is -2.37. The molecule has 3 fully saturated rings. The summed E-state index contributed by atoms with van der Waals surface area (Å²) in [7, 11) is 0. The van der Waals surface area contributed by atoms with Crippen LogP contribution in [0.2, 0.25) is 0 Å². The average Bonchev–Trinajstić information content (AvgIpc) is 3.26. The molecule has 2 saturated heterocycles. The van der Waals surface area contributed by atoms with E-state index in [-0.39, 0.29) is 36.1 Å². The highest BCUT2D eigenvalue weighted by Gasteiger charge is 2.48. The second-order valence-corrected chi connectivity index (χ2v) is 7.52. The molecule has 1 aromatic rings. The van der Waals surface area contributed by atoms with Crippen LogP contribution in [0.25, 0.3) is 0 Å². The van der Waals surface area contributed by atoms with Gasteiger partial charge in [-0.2, -0.15) is 0 Å². The van der Waals surface area contributed by atoms with Gasteiger partial charge in [0.15, 0.2) is 0 Å². The van der Waals surface area contributed by atoms with E-state index in [4.69, 9.17) is 0 Å². The average molecular weight is 355 g/mol. The number of benzene rings is 1. The van der Waals surface area contributed by atoms with Gasteiger partial charge in [0.1, 0.15) is 6.54 Å². The van der Waals surface area contributed by atoms with Crippen LogP contribution >= 0.6 is 0 Å². The van der Waals surface area contributed by atoms with Gasteiger partial charge in [0, 0.05) is 13.1 Å². The number of likely N-dealkylation sites (tertiary alicyclic amines) is 1. The van der Waals surface area contributed by atoms with E-state index in [1.165, 1.54) is 4.90 Å². The number of nitrogens with zero attached hydrogens (tertiary/aromatic N) is 2. The smallest absolute Gasteiger partial charge is 0.244 e. The first kappa shape index (κ1) is 17.1. The zero-order valence-electron chi connectivity index (χ0n) is 14.9. The number of imide groups is 1. The molecule has 0 radical (unpaired) electrons. The van der Waals surface area contributed by atoms with Crippen LogP contribution in [0.3, 0.4) is 0 Å². The third-order valence-corrected chi connectivity index (χ3v) is 5.86. The lowest BCUT2D eigenvalue weighted by molar-refractivity contribution is -0.142. The second kappa shape index (κ2) is 7.09. The minimum absolute atomic E-state index is 0.164. The second-order valence-electron chi connectivity index (χ2n) is 7.52. The lowest BCUT2D eigenvalue weighted by atomic mass is 9.81. The van der Waals surface area contributed by atoms with Crippen LogP contribution in [0.4, 0.5) is 11.4 Å². The third kappa shape index (κ3) is 3.08. The van der Waals surface area contributed by atoms with Crippen molar-refractivity contribution in [1.29, 1.82) is 0 Å². The lowest BCUT2D eigenvalue weighted by Crippen LogP contribution is -2.38. The Morgan fingerprint density at radius 2 is 1.58 bits per heavy atom. The Labute approximate surface area is 153 Å². The molecule has 0 unspecified atom stereocenters. The third-order valence-electron chi connectivity index (χ3n) is 5.86. The number of rotatable bonds is 4. The molecule has 138 valence electrons. The number of nitrogens with one attached hydrogen (secondary N) is 1. The summed E-state index contributed by atoms with van der Waals surface area (Å²) in [6.45, 7) is 1.79. The first-order valence-electron chi connectivity index (χ1n) is 9.64. The molecule has 1 saturated carbocycles. The van der Waals surface area contributed by atoms with Crippen molar-refractivity contribution in [2.75, 3.05) is 29.9 Å². The van der Waals surface area contributed by atoms with Crippen LogP contribution in [0.1, 0.15) is 38.5 Å². The normalized spacial score (nSPS) is 25.5. The summed E-state index contributed by atoms with van der Waals surface area (Å²) in [5.41, 5.74) is 1.75. The Kier molecular flexibility index (Phi) is 4.66. The molecule has 3 amide bonds. The molecular weight excluding hydrogens is 330 g/mol. The molecule has 0 aromatic heterocycles. The van der Waals surface area contributed by atoms with Crippen LogP contribution in [0.15, 0.2) is 24.3 Å². The van der Waals surface area contributed by atoms with Crippen LogP contribution in [-0.4, -0.2) is 42.3 Å². The molecule has 3 aliphatic rings. The van der Waals surface area contributed by atoms with Gasteiger partial charge in [-0.3, -0.25) is 19.3 Å². The van der Waals surface area contributed by atoms with E-state index >= 15 is 0 Å². The maximum absolute atomic E-state index is 12.6. The summed E-state index contributed by atoms with van der Waals surface area (Å²) in [5.74, 6) is -1.05. The van der Waals surface area contributed by atoms with Crippen molar-refractivity contribution in [1.82, 2.24) is 4.90 Å². The molecule has 2 aliphatic heterocycles. The highest BCUT2D eigenvalue weighted by atomic mass is 16.2. The number of hydrogen-bond donors (Lipinski definition) is 1. The number of anilines is 2. The van der Waals surface area contributed by atoms with Crippen molar-refractivity contribution in [2.45, 2.75) is 38.5 Å². The van der Waals surface area contributed by atoms with Gasteiger partial charge < -0.3 is 10.2 Å². The molecule has 1 aromatic carbocycles. The first-order valence-corrected chi connectivity index (χ1v) is 9.64. The van der Waals surface area contributed by atoms with Crippen LogP contribution in [0.5, 0.6) is 0 Å². The molecule has 0 spiro atoms. The summed E-state index contributed by atoms with van der Waals surface area (Å²) >= 11 is 0. The molecule has 1 N–H and O–H groups in total. The number of amides is 3. The summed E-state index contributed by atoms with van der Waals surface area (Å²) in [6, 6.07) is 7.72. The largest absolute Gasteiger partial charge is 0.370 e. The van der Waals surface area contributed by atoms with Crippen LogP contribution < -0.4 is 10.2 Å². The zero-order chi connectivity index (χ0) is 18.1. The van der Waals surface area contributed by atoms with E-state index in [9.17, 15) is 14.4 Å². The molecule has 1 aliphatic carbocycles. The van der Waals surface area contributed by atoms with E-state index in [2.05, 4.69) is 10.2 Å². The van der Waals surface area contributed by atoms with E-state index in [1.54, 1.807) is 0 Å². The van der Waals surface area contributed by atoms with Crippen molar-refractivity contribution in [3.8, 4) is 0 Å². The van der Waals surface area contributed by atoms with E-state index in [0.29, 0.717) is 0 Å². The summed E-state index contributed by atoms with van der Waals surface area (Å²) in [4.78, 5) is 41.1. The van der Waals surface area contributed by atoms with Gasteiger partial charge >= 0.3 is 0 Å². The van der Waals surface area contributed by atoms with Crippen molar-refractivity contribution >= 4 is 29.1 Å². The zero-order valence-corrected chi connectivity index (χ0v) is 14.9. The molecule has 0 bridgehead atoms. The molecule has 26 heavy (non-hydrogen) atoms. The van der Waals surface area contributed by atoms with Gasteiger partial charge in [-0.1, -0.05) is 25.0 Å². The van der Waals surface area contributed by atoms with Gasteiger partial charge in [-0.25, -0.2) is 0 Å². The van der Waals surface area contributed by atoms with E-state index in [0.717, 1.165) is 63.0 Å². The molecule has 2 atom stereocenters. The van der Waals surface area contributed by atoms with Crippen LogP contribution in [-0.2, 0) is 14.4 Å². The fraction of sp³-hybridized carbons (Fsp3) is 0.550. The number of para-hydroxylation sites is 2. The Balaban J connectivity index is 1.45. The van der Waals surface area contributed by atoms with Crippen molar-refractivity contribution in [3.63, 3.8) is 0 Å². The maximum atomic E-state index is 12.6. The molecule has 2 heterocycles. The van der Waals surface area contributed by atoms with E-state index in [1.807, 2.05) is 24.3 Å². The van der Waals surface area contributed by atoms with Gasteiger partial charge in [0.05, 0.1) is 23.2 Å². The summed E-state index contributed by atoms with van der Waals surface area (Å²) in [5, 5.41) is 2.91. The van der Waals surface area contributed by atoms with E-state index < -0.39 is 0 Å². The van der Waals surface area contributed by atoms with Crippen molar-refractivity contribution in [3.05, 3.63) is 24.3 Å². The van der Waals surface area contributed by atoms with Gasteiger partial charge in [0.2, 0.25) is 17.7 Å². The fourth-order valence-corrected chi connectivity index (χ4v) is 4.53. The summed E-state index contributed by atoms with van der Waals surface area (Å²) < 4.78 is 0. The first-order chi connectivity index (χ1) is 12.6. The Morgan fingerprint density at radius 1 is 0.962 bits per heavy atom. The van der Waals surface area contributed by atoms with Crippen molar-refractivity contribution in [2.24, 2.45) is 11.8 Å². The number of carbonyl (C=O) groups excluding carboxylic acids is 3. The maximum Gasteiger partial charge on any atom is 0.244 e. The standard InChI is InChI=1S/C20H25N3O3/c24-18(13-23-19(25)14-7-1-2-8-15(14)20(23)26)21-16-9-3-4-10-17(16)22-11-5-6-12-22/h3-4,9-10,14-15H,1-2,5-8,11-13H2,(H,21,24)/t14-,15+. The quantitative estimate of drug-likeness (QED) is 0.842. The molecule has 6 nitrogen and oxygen atoms in total. The summed E-state index contributed by atoms with van der Waals surface area (Å²) in [6.07, 6.45) is 5.83. The molecule has 6 heteroatoms. The fourth-order valence-electron chi connectivity index (χ4n) is 4.53. The van der Waals surface area contributed by atoms with Gasteiger partial charge in [-0.15, -0.1) is 0 Å². The van der Waals surface area contributed by atoms with Gasteiger partial charge in [0.25, 0.3) is 0 Å². The number of fused-ring (bicyclic) bond motifs is 1. The highest BCUT2D eigenvalue weighted by molar-refractivity contribution is 6.09. The minimum Gasteiger partial charge on any atom is -0.370 e. The lowest BCUT2D eigenvalue weighted by Gasteiger charge is -2.22.